The lowest BCUT2D eigenvalue weighted by Gasteiger charge is -2.00. The number of nitriles is 1. The minimum atomic E-state index is -1.54. The van der Waals surface area contributed by atoms with Crippen molar-refractivity contribution in [3.05, 3.63) is 35.4 Å². The molecule has 0 aliphatic carbocycles. The molecule has 5 heteroatoms. The summed E-state index contributed by atoms with van der Waals surface area (Å²) in [5, 5.41) is 24.0. The van der Waals surface area contributed by atoms with E-state index in [1.807, 2.05) is 6.07 Å². The minimum absolute atomic E-state index is 0.180. The average Bonchev–Trinajstić information content (AvgIpc) is 2.28. The lowest BCUT2D eigenvalue weighted by atomic mass is 10.0. The van der Waals surface area contributed by atoms with E-state index in [1.165, 1.54) is 6.07 Å². The Kier molecular flexibility index (Phi) is 3.51. The molecule has 0 unspecified atom stereocenters. The van der Waals surface area contributed by atoms with Crippen molar-refractivity contribution < 1.29 is 14.7 Å². The van der Waals surface area contributed by atoms with Crippen molar-refractivity contribution in [3.63, 3.8) is 0 Å². The monoisotopic (exact) mass is 216 g/mol. The van der Waals surface area contributed by atoms with Crippen molar-refractivity contribution in [3.8, 4) is 6.07 Å². The number of hydrogen-bond acceptors (Lipinski definition) is 4. The molecule has 0 heterocycles. The van der Waals surface area contributed by atoms with Crippen LogP contribution in [0.25, 0.3) is 0 Å². The van der Waals surface area contributed by atoms with Crippen molar-refractivity contribution >= 4 is 17.5 Å². The molecular weight excluding hydrogens is 208 g/mol. The maximum Gasteiger partial charge on any atom is 0.357 e. The number of Topliss-reactive ketones (excluding diaryl/α,β-unsaturated/α-hetero) is 1. The van der Waals surface area contributed by atoms with E-state index in [1.54, 1.807) is 18.2 Å². The largest absolute Gasteiger partial charge is 0.476 e. The third kappa shape index (κ3) is 2.75. The van der Waals surface area contributed by atoms with Gasteiger partial charge in [-0.05, 0) is 17.7 Å². The van der Waals surface area contributed by atoms with Gasteiger partial charge in [0.15, 0.2) is 11.5 Å². The van der Waals surface area contributed by atoms with E-state index in [9.17, 15) is 9.59 Å². The van der Waals surface area contributed by atoms with Crippen LogP contribution in [0.3, 0.4) is 0 Å². The van der Waals surface area contributed by atoms with Crippen LogP contribution in [0.2, 0.25) is 0 Å². The van der Waals surface area contributed by atoms with Crippen LogP contribution < -0.4 is 0 Å². The Labute approximate surface area is 91.5 Å². The normalized spacial score (nSPS) is 9.19. The van der Waals surface area contributed by atoms with E-state index in [-0.39, 0.29) is 6.42 Å². The van der Waals surface area contributed by atoms with Gasteiger partial charge in [-0.25, -0.2) is 4.79 Å². The molecule has 0 atom stereocenters. The fraction of sp³-hybridized carbons (Fsp3) is 0.0909. The topological polar surface area (TPSA) is 102 Å². The van der Waals surface area contributed by atoms with Crippen molar-refractivity contribution in [1.29, 1.82) is 10.7 Å². The summed E-state index contributed by atoms with van der Waals surface area (Å²) in [6.07, 6.45) is -0.180. The number of carbonyl (C=O) groups excluding carboxylic acids is 1. The molecule has 2 N–H and O–H groups in total. The molecule has 0 bridgehead atoms. The summed E-state index contributed by atoms with van der Waals surface area (Å²) in [6, 6.07) is 8.19. The first-order valence-corrected chi connectivity index (χ1v) is 4.38. The second-order valence-corrected chi connectivity index (χ2v) is 3.09. The van der Waals surface area contributed by atoms with Crippen LogP contribution in [-0.4, -0.2) is 22.6 Å². The summed E-state index contributed by atoms with van der Waals surface area (Å²) < 4.78 is 0. The van der Waals surface area contributed by atoms with Gasteiger partial charge in [0.2, 0.25) is 0 Å². The molecule has 0 aliphatic heterocycles. The predicted octanol–water partition coefficient (Wildman–Crippen LogP) is 0.774. The molecule has 0 saturated carbocycles. The van der Waals surface area contributed by atoms with Gasteiger partial charge in [-0.15, -0.1) is 0 Å². The predicted molar refractivity (Wildman–Crippen MR) is 55.2 cm³/mol. The SMILES string of the molecule is N#Cc1cccc(CC(=O)C(=N)C(=O)O)c1. The van der Waals surface area contributed by atoms with Gasteiger partial charge in [0, 0.05) is 6.42 Å². The summed E-state index contributed by atoms with van der Waals surface area (Å²) >= 11 is 0. The Bertz CT molecular complexity index is 500. The Balaban J connectivity index is 2.82. The Hall–Kier alpha value is -2.48. The highest BCUT2D eigenvalue weighted by Gasteiger charge is 2.17. The first-order chi connectivity index (χ1) is 7.54. The zero-order valence-electron chi connectivity index (χ0n) is 8.23. The van der Waals surface area contributed by atoms with E-state index in [0.717, 1.165) is 0 Å². The summed E-state index contributed by atoms with van der Waals surface area (Å²) in [7, 11) is 0. The highest BCUT2D eigenvalue weighted by atomic mass is 16.4. The van der Waals surface area contributed by atoms with Crippen LogP contribution in [0.4, 0.5) is 0 Å². The number of carbonyl (C=O) groups is 2. The summed E-state index contributed by atoms with van der Waals surface area (Å²) in [5.74, 6) is -2.32. The lowest BCUT2D eigenvalue weighted by molar-refractivity contribution is -0.130. The van der Waals surface area contributed by atoms with Crippen LogP contribution in [0.5, 0.6) is 0 Å². The third-order valence-electron chi connectivity index (χ3n) is 1.91. The van der Waals surface area contributed by atoms with Crippen molar-refractivity contribution in [1.82, 2.24) is 0 Å². The van der Waals surface area contributed by atoms with Crippen molar-refractivity contribution in [2.24, 2.45) is 0 Å². The average molecular weight is 216 g/mol. The maximum atomic E-state index is 11.3. The molecule has 80 valence electrons. The second-order valence-electron chi connectivity index (χ2n) is 3.09. The molecule has 1 aromatic carbocycles. The zero-order valence-corrected chi connectivity index (χ0v) is 8.23. The Morgan fingerprint density at radius 1 is 1.44 bits per heavy atom. The van der Waals surface area contributed by atoms with Gasteiger partial charge < -0.3 is 5.11 Å². The minimum Gasteiger partial charge on any atom is -0.476 e. The number of carboxylic acids is 1. The number of rotatable bonds is 4. The first-order valence-electron chi connectivity index (χ1n) is 4.38. The molecule has 0 radical (unpaired) electrons. The summed E-state index contributed by atoms with van der Waals surface area (Å²) in [4.78, 5) is 21.6. The van der Waals surface area contributed by atoms with Gasteiger partial charge in [0.25, 0.3) is 0 Å². The number of carboxylic acid groups (broad SMARTS) is 1. The lowest BCUT2D eigenvalue weighted by Crippen LogP contribution is -2.24. The second kappa shape index (κ2) is 4.84. The quantitative estimate of drug-likeness (QED) is 0.573. The van der Waals surface area contributed by atoms with E-state index >= 15 is 0 Å². The van der Waals surface area contributed by atoms with E-state index in [0.29, 0.717) is 11.1 Å². The van der Waals surface area contributed by atoms with Gasteiger partial charge in [-0.1, -0.05) is 12.1 Å². The third-order valence-corrected chi connectivity index (χ3v) is 1.91. The Morgan fingerprint density at radius 2 is 2.12 bits per heavy atom. The molecule has 0 aromatic heterocycles. The van der Waals surface area contributed by atoms with Crippen LogP contribution in [0.15, 0.2) is 24.3 Å². The van der Waals surface area contributed by atoms with Crippen LogP contribution in [0.1, 0.15) is 11.1 Å². The van der Waals surface area contributed by atoms with Crippen LogP contribution in [-0.2, 0) is 16.0 Å². The molecule has 0 aliphatic rings. The zero-order chi connectivity index (χ0) is 12.1. The fourth-order valence-electron chi connectivity index (χ4n) is 1.14. The number of nitrogens with one attached hydrogen (secondary N) is 1. The molecule has 5 nitrogen and oxygen atoms in total. The van der Waals surface area contributed by atoms with Gasteiger partial charge in [-0.2, -0.15) is 5.26 Å². The number of aliphatic carboxylic acids is 1. The van der Waals surface area contributed by atoms with Gasteiger partial charge in [0.05, 0.1) is 11.6 Å². The highest BCUT2D eigenvalue weighted by molar-refractivity contribution is 6.63. The number of benzene rings is 1. The molecule has 0 saturated heterocycles. The maximum absolute atomic E-state index is 11.3. The van der Waals surface area contributed by atoms with Crippen LogP contribution >= 0.6 is 0 Å². The van der Waals surface area contributed by atoms with Crippen molar-refractivity contribution in [2.75, 3.05) is 0 Å². The summed E-state index contributed by atoms with van der Waals surface area (Å²) in [6.45, 7) is 0. The molecule has 1 rings (SSSR count). The number of nitrogens with zero attached hydrogens (tertiary/aromatic N) is 1. The van der Waals surface area contributed by atoms with E-state index in [4.69, 9.17) is 15.8 Å². The Morgan fingerprint density at radius 3 is 2.69 bits per heavy atom. The highest BCUT2D eigenvalue weighted by Crippen LogP contribution is 2.05. The standard InChI is InChI=1S/C11H8N2O3/c12-6-8-3-1-2-7(4-8)5-9(14)10(13)11(15)16/h1-4,13H,5H2,(H,15,16). The molecule has 1 aromatic rings. The van der Waals surface area contributed by atoms with Gasteiger partial charge in [-0.3, -0.25) is 10.2 Å². The van der Waals surface area contributed by atoms with Gasteiger partial charge in [0.1, 0.15) is 0 Å². The number of ketones is 1. The number of hydrogen-bond donors (Lipinski definition) is 2. The smallest absolute Gasteiger partial charge is 0.357 e. The van der Waals surface area contributed by atoms with E-state index < -0.39 is 17.5 Å². The van der Waals surface area contributed by atoms with Crippen LogP contribution in [0, 0.1) is 16.7 Å². The molecule has 0 amide bonds. The first kappa shape index (κ1) is 11.6. The molecule has 0 spiro atoms. The van der Waals surface area contributed by atoms with Gasteiger partial charge >= 0.3 is 5.97 Å². The summed E-state index contributed by atoms with van der Waals surface area (Å²) in [5.41, 5.74) is -0.0235. The molecular formula is C11H8N2O3. The molecule has 0 fully saturated rings. The molecule has 16 heavy (non-hydrogen) atoms. The fourth-order valence-corrected chi connectivity index (χ4v) is 1.14. The van der Waals surface area contributed by atoms with E-state index in [2.05, 4.69) is 0 Å². The van der Waals surface area contributed by atoms with Crippen molar-refractivity contribution in [2.45, 2.75) is 6.42 Å².